The van der Waals surface area contributed by atoms with Crippen LogP contribution in [0.25, 0.3) is 0 Å². The van der Waals surface area contributed by atoms with Gasteiger partial charge in [-0.3, -0.25) is 4.79 Å². The number of hydrogen-bond acceptors (Lipinski definition) is 4. The summed E-state index contributed by atoms with van der Waals surface area (Å²) in [4.78, 5) is 11.9. The molecule has 0 aliphatic rings. The van der Waals surface area contributed by atoms with Crippen LogP contribution >= 0.6 is 0 Å². The summed E-state index contributed by atoms with van der Waals surface area (Å²) >= 11 is 0. The highest BCUT2D eigenvalue weighted by Crippen LogP contribution is 2.17. The number of rotatable bonds is 5. The molecular formula is C12H20N2O4S. The maximum absolute atomic E-state index is 11.9. The lowest BCUT2D eigenvalue weighted by Gasteiger charge is -2.16. The van der Waals surface area contributed by atoms with Crippen LogP contribution in [0.4, 0.5) is 0 Å². The molecule has 1 rings (SSSR count). The lowest BCUT2D eigenvalue weighted by Crippen LogP contribution is -2.35. The van der Waals surface area contributed by atoms with Crippen molar-refractivity contribution in [1.29, 1.82) is 0 Å². The van der Waals surface area contributed by atoms with E-state index < -0.39 is 15.9 Å². The molecule has 6 nitrogen and oxygen atoms in total. The molecule has 0 unspecified atom stereocenters. The van der Waals surface area contributed by atoms with Gasteiger partial charge < -0.3 is 9.73 Å². The van der Waals surface area contributed by atoms with E-state index in [4.69, 9.17) is 4.42 Å². The summed E-state index contributed by atoms with van der Waals surface area (Å²) in [5.41, 5.74) is 0. The third-order valence-corrected chi connectivity index (χ3v) is 4.59. The number of nitrogens with one attached hydrogen (secondary N) is 1. The molecule has 0 fully saturated rings. The maximum Gasteiger partial charge on any atom is 0.287 e. The number of sulfonamides is 1. The molecule has 0 saturated heterocycles. The van der Waals surface area contributed by atoms with Gasteiger partial charge >= 0.3 is 0 Å². The first kappa shape index (κ1) is 15.7. The molecule has 0 spiro atoms. The Kier molecular flexibility index (Phi) is 4.75. The number of carbonyl (C=O) groups is 1. The molecule has 0 radical (unpaired) electrons. The second kappa shape index (κ2) is 5.75. The molecule has 108 valence electrons. The lowest BCUT2D eigenvalue weighted by molar-refractivity contribution is 0.0897. The molecule has 1 aromatic heterocycles. The van der Waals surface area contributed by atoms with E-state index in [0.717, 1.165) is 4.31 Å². The second-order valence-electron chi connectivity index (χ2n) is 4.91. The molecule has 0 aliphatic carbocycles. The molecular weight excluding hydrogens is 268 g/mol. The Balaban J connectivity index is 2.89. The summed E-state index contributed by atoms with van der Waals surface area (Å²) in [6, 6.07) is 2.62. The smallest absolute Gasteiger partial charge is 0.287 e. The first-order valence-electron chi connectivity index (χ1n) is 5.99. The second-order valence-corrected chi connectivity index (χ2v) is 7.00. The van der Waals surface area contributed by atoms with Gasteiger partial charge in [0, 0.05) is 20.1 Å². The molecule has 0 saturated carbocycles. The highest BCUT2D eigenvalue weighted by Gasteiger charge is 2.24. The van der Waals surface area contributed by atoms with Crippen molar-refractivity contribution >= 4 is 15.9 Å². The average molecular weight is 288 g/mol. The van der Waals surface area contributed by atoms with Gasteiger partial charge in [-0.05, 0) is 25.0 Å². The van der Waals surface area contributed by atoms with E-state index in [9.17, 15) is 13.2 Å². The van der Waals surface area contributed by atoms with Crippen molar-refractivity contribution in [2.75, 3.05) is 14.1 Å². The van der Waals surface area contributed by atoms with Crippen LogP contribution in [0.2, 0.25) is 0 Å². The normalized spacial score (nSPS) is 13.8. The number of carbonyl (C=O) groups excluding carboxylic acids is 1. The summed E-state index contributed by atoms with van der Waals surface area (Å²) in [6.45, 7) is 5.84. The van der Waals surface area contributed by atoms with Crippen LogP contribution in [-0.2, 0) is 10.0 Å². The maximum atomic E-state index is 11.9. The van der Waals surface area contributed by atoms with Gasteiger partial charge in [0.2, 0.25) is 5.09 Å². The Hall–Kier alpha value is -1.34. The van der Waals surface area contributed by atoms with Crippen LogP contribution in [-0.4, -0.2) is 38.8 Å². The molecule has 7 heteroatoms. The van der Waals surface area contributed by atoms with Gasteiger partial charge in [0.15, 0.2) is 5.76 Å². The van der Waals surface area contributed by atoms with Gasteiger partial charge in [-0.1, -0.05) is 13.8 Å². The van der Waals surface area contributed by atoms with E-state index >= 15 is 0 Å². The minimum atomic E-state index is -3.65. The van der Waals surface area contributed by atoms with Crippen LogP contribution < -0.4 is 5.32 Å². The fraction of sp³-hybridized carbons (Fsp3) is 0.583. The van der Waals surface area contributed by atoms with E-state index in [0.29, 0.717) is 0 Å². The van der Waals surface area contributed by atoms with Crippen molar-refractivity contribution in [1.82, 2.24) is 9.62 Å². The predicted molar refractivity (Wildman–Crippen MR) is 71.3 cm³/mol. The van der Waals surface area contributed by atoms with E-state index in [-0.39, 0.29) is 22.8 Å². The van der Waals surface area contributed by atoms with Gasteiger partial charge in [-0.25, -0.2) is 12.7 Å². The first-order valence-corrected chi connectivity index (χ1v) is 7.43. The highest BCUT2D eigenvalue weighted by atomic mass is 32.2. The summed E-state index contributed by atoms with van der Waals surface area (Å²) < 4.78 is 29.7. The molecule has 0 bridgehead atoms. The van der Waals surface area contributed by atoms with Gasteiger partial charge in [0.25, 0.3) is 15.9 Å². The third kappa shape index (κ3) is 3.57. The van der Waals surface area contributed by atoms with Gasteiger partial charge in [-0.2, -0.15) is 0 Å². The first-order chi connectivity index (χ1) is 8.66. The molecule has 0 aromatic carbocycles. The Morgan fingerprint density at radius 3 is 2.32 bits per heavy atom. The van der Waals surface area contributed by atoms with Crippen molar-refractivity contribution in [2.24, 2.45) is 5.92 Å². The molecule has 0 aliphatic heterocycles. The number of furan rings is 1. The van der Waals surface area contributed by atoms with Crippen molar-refractivity contribution in [3.05, 3.63) is 17.9 Å². The highest BCUT2D eigenvalue weighted by molar-refractivity contribution is 7.88. The zero-order valence-electron chi connectivity index (χ0n) is 11.8. The zero-order valence-corrected chi connectivity index (χ0v) is 12.6. The fourth-order valence-electron chi connectivity index (χ4n) is 1.21. The predicted octanol–water partition coefficient (Wildman–Crippen LogP) is 1.30. The van der Waals surface area contributed by atoms with Crippen LogP contribution in [0.5, 0.6) is 0 Å². The summed E-state index contributed by atoms with van der Waals surface area (Å²) in [5, 5.41) is 2.51. The van der Waals surface area contributed by atoms with E-state index in [2.05, 4.69) is 5.32 Å². The molecule has 1 heterocycles. The van der Waals surface area contributed by atoms with Crippen LogP contribution in [0.15, 0.2) is 21.6 Å². The van der Waals surface area contributed by atoms with Gasteiger partial charge in [0.05, 0.1) is 0 Å². The van der Waals surface area contributed by atoms with Crippen molar-refractivity contribution in [3.8, 4) is 0 Å². The number of nitrogens with zero attached hydrogens (tertiary/aromatic N) is 1. The summed E-state index contributed by atoms with van der Waals surface area (Å²) in [7, 11) is -0.845. The third-order valence-electron chi connectivity index (χ3n) is 2.90. The lowest BCUT2D eigenvalue weighted by atomic mass is 10.1. The minimum Gasteiger partial charge on any atom is -0.438 e. The van der Waals surface area contributed by atoms with Crippen molar-refractivity contribution in [3.63, 3.8) is 0 Å². The molecule has 1 aromatic rings. The van der Waals surface area contributed by atoms with E-state index in [1.54, 1.807) is 0 Å². The number of amides is 1. The Morgan fingerprint density at radius 1 is 1.26 bits per heavy atom. The SMILES string of the molecule is CC(C)[C@H](C)NC(=O)c1ccc(S(=O)(=O)N(C)C)o1. The van der Waals surface area contributed by atoms with E-state index in [1.165, 1.54) is 26.2 Å². The monoisotopic (exact) mass is 288 g/mol. The minimum absolute atomic E-state index is 0.00655. The fourth-order valence-corrected chi connectivity index (χ4v) is 2.00. The van der Waals surface area contributed by atoms with Crippen molar-refractivity contribution < 1.29 is 17.6 Å². The molecule has 1 atom stereocenters. The van der Waals surface area contributed by atoms with E-state index in [1.807, 2.05) is 20.8 Å². The largest absolute Gasteiger partial charge is 0.438 e. The average Bonchev–Trinajstić information content (AvgIpc) is 2.78. The number of hydrogen-bond donors (Lipinski definition) is 1. The van der Waals surface area contributed by atoms with Crippen LogP contribution in [0, 0.1) is 5.92 Å². The summed E-state index contributed by atoms with van der Waals surface area (Å²) in [6.07, 6.45) is 0. The zero-order chi connectivity index (χ0) is 14.8. The van der Waals surface area contributed by atoms with Crippen molar-refractivity contribution in [2.45, 2.75) is 31.9 Å². The molecule has 1 N–H and O–H groups in total. The quantitative estimate of drug-likeness (QED) is 0.885. The Bertz CT molecular complexity index is 546. The Labute approximate surface area is 113 Å². The van der Waals surface area contributed by atoms with Gasteiger partial charge in [-0.15, -0.1) is 0 Å². The summed E-state index contributed by atoms with van der Waals surface area (Å²) in [5.74, 6) is -0.141. The topological polar surface area (TPSA) is 79.6 Å². The molecule has 19 heavy (non-hydrogen) atoms. The van der Waals surface area contributed by atoms with Crippen LogP contribution in [0.3, 0.4) is 0 Å². The molecule has 1 amide bonds. The van der Waals surface area contributed by atoms with Crippen LogP contribution in [0.1, 0.15) is 31.3 Å². The standard InChI is InChI=1S/C12H20N2O4S/c1-8(2)9(3)13-12(15)10-6-7-11(18-10)19(16,17)14(4)5/h6-9H,1-5H3,(H,13,15)/t9-/m0/s1. The Morgan fingerprint density at radius 2 is 1.84 bits per heavy atom. The van der Waals surface area contributed by atoms with Gasteiger partial charge in [0.1, 0.15) is 0 Å².